The van der Waals surface area contributed by atoms with Gasteiger partial charge in [-0.25, -0.2) is 0 Å². The van der Waals surface area contributed by atoms with Crippen LogP contribution >= 0.6 is 0 Å². The van der Waals surface area contributed by atoms with Crippen molar-refractivity contribution in [2.24, 2.45) is 5.16 Å². The molecule has 0 saturated heterocycles. The summed E-state index contributed by atoms with van der Waals surface area (Å²) in [4.78, 5) is 9.16. The Bertz CT molecular complexity index is 551. The molecular weight excluding hydrogens is 204 g/mol. The van der Waals surface area contributed by atoms with Gasteiger partial charge in [0.1, 0.15) is 12.4 Å². The minimum absolute atomic E-state index is 0.594. The third kappa shape index (κ3) is 1.69. The lowest BCUT2D eigenvalue weighted by Crippen LogP contribution is -2.05. The third-order valence-corrected chi connectivity index (χ3v) is 2.37. The van der Waals surface area contributed by atoms with Gasteiger partial charge in [-0.2, -0.15) is 0 Å². The van der Waals surface area contributed by atoms with Gasteiger partial charge in [0.05, 0.1) is 18.1 Å². The molecule has 0 bridgehead atoms. The minimum atomic E-state index is 0.594. The number of fused-ring (bicyclic) bond motifs is 1. The Hall–Kier alpha value is -2.10. The van der Waals surface area contributed by atoms with Gasteiger partial charge in [-0.3, -0.25) is 4.98 Å². The Morgan fingerprint density at radius 1 is 1.25 bits per heavy atom. The quantitative estimate of drug-likeness (QED) is 0.731. The van der Waals surface area contributed by atoms with Crippen LogP contribution in [0.25, 0.3) is 10.9 Å². The van der Waals surface area contributed by atoms with Gasteiger partial charge in [0.2, 0.25) is 5.90 Å². The first-order chi connectivity index (χ1) is 7.92. The van der Waals surface area contributed by atoms with E-state index in [1.165, 1.54) is 0 Å². The maximum Gasteiger partial charge on any atom is 0.234 e. The normalized spacial score (nSPS) is 14.6. The van der Waals surface area contributed by atoms with Crippen LogP contribution in [0.3, 0.4) is 0 Å². The fraction of sp³-hybridized carbons (Fsp3) is 0.167. The number of hydrogen-bond donors (Lipinski definition) is 0. The van der Waals surface area contributed by atoms with Gasteiger partial charge in [-0.15, -0.1) is 0 Å². The maximum atomic E-state index is 5.55. The first kappa shape index (κ1) is 9.15. The number of pyridine rings is 1. The molecule has 4 nitrogen and oxygen atoms in total. The van der Waals surface area contributed by atoms with Crippen LogP contribution in [-0.2, 0) is 4.84 Å². The van der Waals surface area contributed by atoms with E-state index in [0.29, 0.717) is 24.7 Å². The van der Waals surface area contributed by atoms with E-state index >= 15 is 0 Å². The summed E-state index contributed by atoms with van der Waals surface area (Å²) in [6.45, 7) is 0.594. The van der Waals surface area contributed by atoms with Gasteiger partial charge in [-0.1, -0.05) is 23.4 Å². The van der Waals surface area contributed by atoms with Crippen molar-refractivity contribution >= 4 is 16.8 Å². The largest absolute Gasteiger partial charge is 0.438 e. The molecule has 0 radical (unpaired) electrons. The molecule has 1 aliphatic heterocycles. The van der Waals surface area contributed by atoms with Gasteiger partial charge in [-0.05, 0) is 12.1 Å². The molecule has 0 N–H and O–H groups in total. The van der Waals surface area contributed by atoms with Crippen LogP contribution in [0.15, 0.2) is 41.7 Å². The first-order valence-corrected chi connectivity index (χ1v) is 5.13. The first-order valence-electron chi connectivity index (χ1n) is 5.13. The Morgan fingerprint density at radius 2 is 2.19 bits per heavy atom. The Labute approximate surface area is 92.5 Å². The number of aromatic nitrogens is 1. The van der Waals surface area contributed by atoms with Crippen molar-refractivity contribution in [3.05, 3.63) is 36.5 Å². The van der Waals surface area contributed by atoms with Crippen molar-refractivity contribution in [3.8, 4) is 5.75 Å². The van der Waals surface area contributed by atoms with Crippen molar-refractivity contribution in [3.63, 3.8) is 0 Å². The van der Waals surface area contributed by atoms with Crippen LogP contribution < -0.4 is 4.74 Å². The predicted octanol–water partition coefficient (Wildman–Crippen LogP) is 2.35. The number of rotatable bonds is 1. The monoisotopic (exact) mass is 214 g/mol. The van der Waals surface area contributed by atoms with Crippen LogP contribution in [0.5, 0.6) is 5.75 Å². The molecule has 0 spiro atoms. The zero-order chi connectivity index (χ0) is 10.8. The summed E-state index contributed by atoms with van der Waals surface area (Å²) in [7, 11) is 0. The van der Waals surface area contributed by atoms with E-state index in [-0.39, 0.29) is 0 Å². The summed E-state index contributed by atoms with van der Waals surface area (Å²) >= 11 is 0. The van der Waals surface area contributed by atoms with Crippen molar-refractivity contribution in [1.82, 2.24) is 4.98 Å². The topological polar surface area (TPSA) is 43.7 Å². The highest BCUT2D eigenvalue weighted by Gasteiger charge is 2.10. The summed E-state index contributed by atoms with van der Waals surface area (Å²) in [5, 5.41) is 4.83. The van der Waals surface area contributed by atoms with Crippen LogP contribution in [0.2, 0.25) is 0 Å². The molecule has 4 heteroatoms. The molecule has 0 saturated carbocycles. The van der Waals surface area contributed by atoms with Gasteiger partial charge >= 0.3 is 0 Å². The van der Waals surface area contributed by atoms with Gasteiger partial charge in [0.25, 0.3) is 0 Å². The molecule has 1 aromatic carbocycles. The average Bonchev–Trinajstić information content (AvgIpc) is 2.82. The van der Waals surface area contributed by atoms with Crippen molar-refractivity contribution in [2.75, 3.05) is 6.61 Å². The number of ether oxygens (including phenoxy) is 1. The van der Waals surface area contributed by atoms with Crippen molar-refractivity contribution in [2.45, 2.75) is 6.42 Å². The Balaban J connectivity index is 1.92. The van der Waals surface area contributed by atoms with E-state index in [1.807, 2.05) is 30.3 Å². The summed E-state index contributed by atoms with van der Waals surface area (Å²) in [5.41, 5.74) is 0.958. The standard InChI is InChI=1S/C12H10N2O2/c1-2-4-11-9(3-1)7-10(8-13-11)16-12-5-6-15-14-12/h1-4,7-8H,5-6H2. The number of benzene rings is 1. The lowest BCUT2D eigenvalue weighted by Gasteiger charge is -2.03. The smallest absolute Gasteiger partial charge is 0.234 e. The molecule has 1 aliphatic rings. The highest BCUT2D eigenvalue weighted by molar-refractivity contribution is 5.82. The SMILES string of the molecule is c1ccc2ncc(OC3=NOCC3)cc2c1. The van der Waals surface area contributed by atoms with Gasteiger partial charge in [0, 0.05) is 5.39 Å². The summed E-state index contributed by atoms with van der Waals surface area (Å²) in [6, 6.07) is 9.86. The molecule has 0 fully saturated rings. The molecule has 1 aromatic heterocycles. The van der Waals surface area contributed by atoms with E-state index in [2.05, 4.69) is 10.1 Å². The van der Waals surface area contributed by atoms with Crippen LogP contribution in [0.4, 0.5) is 0 Å². The number of para-hydroxylation sites is 1. The molecule has 0 atom stereocenters. The molecule has 3 rings (SSSR count). The number of hydrogen-bond acceptors (Lipinski definition) is 4. The second-order valence-electron chi connectivity index (χ2n) is 3.53. The fourth-order valence-electron chi connectivity index (χ4n) is 1.61. The molecule has 80 valence electrons. The van der Waals surface area contributed by atoms with Crippen LogP contribution in [0, 0.1) is 0 Å². The molecule has 2 heterocycles. The fourth-order valence-corrected chi connectivity index (χ4v) is 1.61. The molecule has 16 heavy (non-hydrogen) atoms. The molecule has 0 unspecified atom stereocenters. The number of oxime groups is 1. The minimum Gasteiger partial charge on any atom is -0.438 e. The Morgan fingerprint density at radius 3 is 3.06 bits per heavy atom. The van der Waals surface area contributed by atoms with E-state index in [0.717, 1.165) is 10.9 Å². The van der Waals surface area contributed by atoms with E-state index < -0.39 is 0 Å². The zero-order valence-corrected chi connectivity index (χ0v) is 8.59. The highest BCUT2D eigenvalue weighted by atomic mass is 16.7. The Kier molecular flexibility index (Phi) is 2.18. The molecular formula is C12H10N2O2. The summed E-state index contributed by atoms with van der Waals surface area (Å²) < 4.78 is 5.55. The molecule has 2 aromatic rings. The lowest BCUT2D eigenvalue weighted by atomic mass is 10.2. The maximum absolute atomic E-state index is 5.55. The zero-order valence-electron chi connectivity index (χ0n) is 8.59. The number of nitrogens with zero attached hydrogens (tertiary/aromatic N) is 2. The van der Waals surface area contributed by atoms with Crippen molar-refractivity contribution < 1.29 is 9.57 Å². The molecule has 0 aliphatic carbocycles. The second kappa shape index (κ2) is 3.81. The lowest BCUT2D eigenvalue weighted by molar-refractivity contribution is 0.173. The highest BCUT2D eigenvalue weighted by Crippen LogP contribution is 2.19. The van der Waals surface area contributed by atoms with E-state index in [1.54, 1.807) is 6.20 Å². The second-order valence-corrected chi connectivity index (χ2v) is 3.53. The van der Waals surface area contributed by atoms with Crippen LogP contribution in [-0.4, -0.2) is 17.5 Å². The summed E-state index contributed by atoms with van der Waals surface area (Å²) in [5.74, 6) is 1.31. The molecule has 0 amide bonds. The average molecular weight is 214 g/mol. The van der Waals surface area contributed by atoms with Gasteiger partial charge < -0.3 is 9.57 Å². The van der Waals surface area contributed by atoms with Crippen LogP contribution in [0.1, 0.15) is 6.42 Å². The van der Waals surface area contributed by atoms with Crippen molar-refractivity contribution in [1.29, 1.82) is 0 Å². The third-order valence-electron chi connectivity index (χ3n) is 2.37. The summed E-state index contributed by atoms with van der Waals surface area (Å²) in [6.07, 6.45) is 2.41. The van der Waals surface area contributed by atoms with E-state index in [9.17, 15) is 0 Å². The van der Waals surface area contributed by atoms with E-state index in [4.69, 9.17) is 9.57 Å². The predicted molar refractivity (Wildman–Crippen MR) is 60.4 cm³/mol. The van der Waals surface area contributed by atoms with Gasteiger partial charge in [0.15, 0.2) is 0 Å².